The van der Waals surface area contributed by atoms with Gasteiger partial charge < -0.3 is 86.4 Å². The minimum Gasteiger partial charge on any atom is -0.491 e. The van der Waals surface area contributed by atoms with Crippen molar-refractivity contribution in [2.45, 2.75) is 0 Å². The van der Waals surface area contributed by atoms with E-state index in [1.165, 1.54) is 0 Å². The first-order chi connectivity index (χ1) is 33.2. The van der Waals surface area contributed by atoms with Gasteiger partial charge in [-0.2, -0.15) is 0 Å². The van der Waals surface area contributed by atoms with Crippen LogP contribution in [0.25, 0.3) is 0 Å². The number of aliphatic hydroxyl groups is 3. The molecule has 0 heterocycles. The summed E-state index contributed by atoms with van der Waals surface area (Å²) in [4.78, 5) is 0. The van der Waals surface area contributed by atoms with Crippen molar-refractivity contribution in [3.05, 3.63) is 72.8 Å². The topological polar surface area (TPSA) is 199 Å². The van der Waals surface area contributed by atoms with Gasteiger partial charge in [-0.15, -0.1) is 0 Å². The molecule has 3 rings (SSSR count). The Morgan fingerprint density at radius 1 is 0.224 bits per heavy atom. The van der Waals surface area contributed by atoms with Crippen LogP contribution in [0, 0.1) is 0 Å². The first-order valence-electron chi connectivity index (χ1n) is 23.0. The Kier molecular flexibility index (Phi) is 37.3. The van der Waals surface area contributed by atoms with Crippen LogP contribution in [0.4, 0.5) is 0 Å². The van der Waals surface area contributed by atoms with Gasteiger partial charge in [0.05, 0.1) is 178 Å². The summed E-state index contributed by atoms with van der Waals surface area (Å²) in [6.45, 7) is 11.8. The Morgan fingerprint density at radius 3 is 0.567 bits per heavy atom. The van der Waals surface area contributed by atoms with Crippen LogP contribution < -0.4 is 30.1 Å². The van der Waals surface area contributed by atoms with Gasteiger partial charge in [0.2, 0.25) is 0 Å². The van der Waals surface area contributed by atoms with Gasteiger partial charge in [0.1, 0.15) is 37.1 Å². The fourth-order valence-electron chi connectivity index (χ4n) is 5.66. The van der Waals surface area contributed by atoms with E-state index in [1.807, 2.05) is 36.4 Å². The highest BCUT2D eigenvalue weighted by molar-refractivity contribution is 7.79. The van der Waals surface area contributed by atoms with E-state index in [0.29, 0.717) is 178 Å². The smallest absolute Gasteiger partial charge is 0.119 e. The van der Waals surface area contributed by atoms with Crippen molar-refractivity contribution in [2.75, 3.05) is 198 Å². The molecule has 0 amide bonds. The minimum absolute atomic E-state index is 0.00624. The molecule has 380 valence electrons. The number of rotatable bonds is 48. The molecule has 19 heteroatoms. The van der Waals surface area contributed by atoms with Crippen LogP contribution in [-0.4, -0.2) is 214 Å². The molecule has 0 spiro atoms. The van der Waals surface area contributed by atoms with Gasteiger partial charge >= 0.3 is 0 Å². The van der Waals surface area contributed by atoms with Crippen molar-refractivity contribution in [2.24, 2.45) is 0 Å². The summed E-state index contributed by atoms with van der Waals surface area (Å²) >= 11 is 0. The van der Waals surface area contributed by atoms with Crippen LogP contribution >= 0.6 is 7.92 Å². The standard InChI is InChI=1S/C48H75O18P/c49-13-16-52-19-22-55-25-28-58-31-34-61-37-40-64-43-1-7-46(8-2-43)67(47-9-3-44(4-10-47)65-41-38-62-35-32-59-29-26-56-23-20-53-17-14-50)48-11-5-45(6-12-48)66-42-39-63-36-33-60-30-27-57-24-21-54-18-15-51/h1-12,49-51H,13-42H2. The average Bonchev–Trinajstić information content (AvgIpc) is 3.35. The highest BCUT2D eigenvalue weighted by atomic mass is 31.1. The van der Waals surface area contributed by atoms with Gasteiger partial charge in [-0.05, 0) is 60.2 Å². The number of hydrogen-bond donors (Lipinski definition) is 3. The summed E-state index contributed by atoms with van der Waals surface area (Å²) in [5.41, 5.74) is 0. The van der Waals surface area contributed by atoms with Gasteiger partial charge in [-0.1, -0.05) is 36.4 Å². The zero-order valence-corrected chi connectivity index (χ0v) is 39.9. The maximum atomic E-state index is 8.71. The number of benzene rings is 3. The molecule has 67 heavy (non-hydrogen) atoms. The largest absolute Gasteiger partial charge is 0.491 e. The quantitative estimate of drug-likeness (QED) is 0.0546. The lowest BCUT2D eigenvalue weighted by Crippen LogP contribution is -2.21. The van der Waals surface area contributed by atoms with E-state index in [-0.39, 0.29) is 19.8 Å². The SMILES string of the molecule is OCCOCCOCCOCCOCCOc1ccc(P(c2ccc(OCCOCCOCCOCCOCCO)cc2)c2ccc(OCCOCCOCCOCCOCCO)cc2)cc1. The number of hydrogen-bond acceptors (Lipinski definition) is 18. The second kappa shape index (κ2) is 43.0. The number of aliphatic hydroxyl groups excluding tert-OH is 3. The summed E-state index contributed by atoms with van der Waals surface area (Å²) in [6, 6.07) is 24.6. The van der Waals surface area contributed by atoms with Gasteiger partial charge in [0.25, 0.3) is 0 Å². The molecule has 0 saturated heterocycles. The van der Waals surface area contributed by atoms with Crippen molar-refractivity contribution in [1.29, 1.82) is 0 Å². The highest BCUT2D eigenvalue weighted by Crippen LogP contribution is 2.34. The normalized spacial score (nSPS) is 11.5. The van der Waals surface area contributed by atoms with Crippen LogP contribution in [0.15, 0.2) is 72.8 Å². The maximum absolute atomic E-state index is 8.71. The predicted octanol–water partition coefficient (Wildman–Crippen LogP) is 1.76. The summed E-state index contributed by atoms with van der Waals surface area (Å²) < 4.78 is 83.2. The number of ether oxygens (including phenoxy) is 15. The van der Waals surface area contributed by atoms with E-state index in [9.17, 15) is 0 Å². The average molecular weight is 971 g/mol. The van der Waals surface area contributed by atoms with Gasteiger partial charge in [0, 0.05) is 0 Å². The molecule has 3 aromatic carbocycles. The summed E-state index contributed by atoms with van der Waals surface area (Å²) in [7, 11) is -0.936. The van der Waals surface area contributed by atoms with E-state index >= 15 is 0 Å². The summed E-state index contributed by atoms with van der Waals surface area (Å²) in [5.74, 6) is 2.26. The monoisotopic (exact) mass is 970 g/mol. The third-order valence-corrected chi connectivity index (χ3v) is 11.3. The molecule has 3 aromatic rings. The molecule has 0 fully saturated rings. The van der Waals surface area contributed by atoms with E-state index in [0.717, 1.165) is 33.2 Å². The zero-order chi connectivity index (χ0) is 47.3. The van der Waals surface area contributed by atoms with Gasteiger partial charge in [0.15, 0.2) is 0 Å². The molecular formula is C48H75O18P. The van der Waals surface area contributed by atoms with Gasteiger partial charge in [-0.25, -0.2) is 0 Å². The van der Waals surface area contributed by atoms with Crippen molar-refractivity contribution < 1.29 is 86.4 Å². The lowest BCUT2D eigenvalue weighted by atomic mass is 10.3. The molecule has 18 nitrogen and oxygen atoms in total. The van der Waals surface area contributed by atoms with E-state index in [2.05, 4.69) is 36.4 Å². The third-order valence-electron chi connectivity index (χ3n) is 8.83. The molecule has 0 bridgehead atoms. The first-order valence-corrected chi connectivity index (χ1v) is 24.3. The molecule has 0 radical (unpaired) electrons. The maximum Gasteiger partial charge on any atom is 0.119 e. The molecule has 0 atom stereocenters. The van der Waals surface area contributed by atoms with Crippen LogP contribution in [0.5, 0.6) is 17.2 Å². The van der Waals surface area contributed by atoms with E-state index < -0.39 is 7.92 Å². The highest BCUT2D eigenvalue weighted by Gasteiger charge is 2.17. The molecular weight excluding hydrogens is 895 g/mol. The molecule has 0 aliphatic carbocycles. The molecule has 3 N–H and O–H groups in total. The van der Waals surface area contributed by atoms with E-state index in [1.54, 1.807) is 0 Å². The Hall–Kier alpha value is -3.11. The van der Waals surface area contributed by atoms with Crippen molar-refractivity contribution in [3.63, 3.8) is 0 Å². The Bertz CT molecular complexity index is 1330. The van der Waals surface area contributed by atoms with E-state index in [4.69, 9.17) is 86.4 Å². The van der Waals surface area contributed by atoms with Gasteiger partial charge in [-0.3, -0.25) is 0 Å². The van der Waals surface area contributed by atoms with Crippen LogP contribution in [0.3, 0.4) is 0 Å². The second-order valence-corrected chi connectivity index (χ2v) is 16.1. The Morgan fingerprint density at radius 2 is 0.388 bits per heavy atom. The lowest BCUT2D eigenvalue weighted by Gasteiger charge is -2.20. The molecule has 0 aliphatic rings. The minimum atomic E-state index is -0.936. The summed E-state index contributed by atoms with van der Waals surface area (Å²) in [6.07, 6.45) is 0. The predicted molar refractivity (Wildman–Crippen MR) is 253 cm³/mol. The zero-order valence-electron chi connectivity index (χ0n) is 39.1. The molecule has 0 aromatic heterocycles. The second-order valence-electron chi connectivity index (χ2n) is 13.9. The van der Waals surface area contributed by atoms with Crippen molar-refractivity contribution in [3.8, 4) is 17.2 Å². The van der Waals surface area contributed by atoms with Crippen LogP contribution in [0.2, 0.25) is 0 Å². The van der Waals surface area contributed by atoms with Crippen molar-refractivity contribution >= 4 is 23.8 Å². The molecule has 0 saturated carbocycles. The van der Waals surface area contributed by atoms with Crippen LogP contribution in [0.1, 0.15) is 0 Å². The molecule has 0 unspecified atom stereocenters. The summed E-state index contributed by atoms with van der Waals surface area (Å²) in [5, 5.41) is 29.6. The Balaban J connectivity index is 1.42. The fraction of sp³-hybridized carbons (Fsp3) is 0.625. The fourth-order valence-corrected chi connectivity index (χ4v) is 7.89. The van der Waals surface area contributed by atoms with Crippen molar-refractivity contribution in [1.82, 2.24) is 0 Å². The first kappa shape index (κ1) is 58.2. The Labute approximate surface area is 397 Å². The third kappa shape index (κ3) is 30.9. The molecule has 0 aliphatic heterocycles. The van der Waals surface area contributed by atoms with Crippen LogP contribution in [-0.2, 0) is 56.8 Å². The lowest BCUT2D eigenvalue weighted by molar-refractivity contribution is -0.00779.